The molecule has 4 nitrogen and oxygen atoms in total. The summed E-state index contributed by atoms with van der Waals surface area (Å²) in [5.41, 5.74) is 4.48. The van der Waals surface area contributed by atoms with Crippen molar-refractivity contribution in [2.45, 2.75) is 6.42 Å². The molecule has 0 amide bonds. The van der Waals surface area contributed by atoms with E-state index >= 15 is 0 Å². The maximum atomic E-state index is 5.30. The summed E-state index contributed by atoms with van der Waals surface area (Å²) in [7, 11) is 1.67. The number of fused-ring (bicyclic) bond motifs is 1. The zero-order valence-corrected chi connectivity index (χ0v) is 12.9. The second-order valence-electron chi connectivity index (χ2n) is 5.50. The Morgan fingerprint density at radius 2 is 1.96 bits per heavy atom. The molecule has 0 saturated heterocycles. The Balaban J connectivity index is 1.72. The number of anilines is 2. The van der Waals surface area contributed by atoms with E-state index in [1.165, 1.54) is 11.3 Å². The SMILES string of the molecule is COc1cccc(-c2ccnc(N3CCc4ccccc43)n2)c1. The minimum atomic E-state index is 0.746. The van der Waals surface area contributed by atoms with Crippen molar-refractivity contribution in [1.29, 1.82) is 0 Å². The zero-order chi connectivity index (χ0) is 15.6. The van der Waals surface area contributed by atoms with Crippen LogP contribution in [0.4, 0.5) is 11.6 Å². The molecule has 0 spiro atoms. The Morgan fingerprint density at radius 1 is 1.04 bits per heavy atom. The lowest BCUT2D eigenvalue weighted by molar-refractivity contribution is 0.415. The first kappa shape index (κ1) is 13.8. The van der Waals surface area contributed by atoms with Crippen molar-refractivity contribution >= 4 is 11.6 Å². The van der Waals surface area contributed by atoms with Crippen molar-refractivity contribution in [2.24, 2.45) is 0 Å². The minimum absolute atomic E-state index is 0.746. The fourth-order valence-electron chi connectivity index (χ4n) is 2.97. The first-order valence-corrected chi connectivity index (χ1v) is 7.68. The number of para-hydroxylation sites is 1. The molecule has 4 rings (SSSR count). The van der Waals surface area contributed by atoms with E-state index in [9.17, 15) is 0 Å². The molecule has 0 saturated carbocycles. The molecule has 23 heavy (non-hydrogen) atoms. The maximum absolute atomic E-state index is 5.30. The second-order valence-corrected chi connectivity index (χ2v) is 5.50. The van der Waals surface area contributed by atoms with Gasteiger partial charge in [0, 0.05) is 24.0 Å². The predicted molar refractivity (Wildman–Crippen MR) is 91.2 cm³/mol. The highest BCUT2D eigenvalue weighted by Crippen LogP contribution is 2.33. The molecule has 2 heterocycles. The number of hydrogen-bond acceptors (Lipinski definition) is 4. The number of methoxy groups -OCH3 is 1. The smallest absolute Gasteiger partial charge is 0.230 e. The monoisotopic (exact) mass is 303 g/mol. The summed E-state index contributed by atoms with van der Waals surface area (Å²) >= 11 is 0. The molecule has 0 atom stereocenters. The Morgan fingerprint density at radius 3 is 2.87 bits per heavy atom. The third-order valence-electron chi connectivity index (χ3n) is 4.14. The molecule has 2 aromatic carbocycles. The largest absolute Gasteiger partial charge is 0.497 e. The Labute approximate surface area is 135 Å². The van der Waals surface area contributed by atoms with Crippen LogP contribution in [0.2, 0.25) is 0 Å². The summed E-state index contributed by atoms with van der Waals surface area (Å²) in [4.78, 5) is 11.4. The van der Waals surface area contributed by atoms with E-state index in [1.54, 1.807) is 7.11 Å². The summed E-state index contributed by atoms with van der Waals surface area (Å²) in [6.07, 6.45) is 2.85. The molecule has 0 unspecified atom stereocenters. The van der Waals surface area contributed by atoms with Crippen LogP contribution in [0.5, 0.6) is 5.75 Å². The van der Waals surface area contributed by atoms with Crippen LogP contribution >= 0.6 is 0 Å². The average Bonchev–Trinajstić information content (AvgIpc) is 3.06. The van der Waals surface area contributed by atoms with Gasteiger partial charge in [0.05, 0.1) is 12.8 Å². The van der Waals surface area contributed by atoms with E-state index < -0.39 is 0 Å². The van der Waals surface area contributed by atoms with Gasteiger partial charge in [-0.15, -0.1) is 0 Å². The average molecular weight is 303 g/mol. The molecule has 1 aliphatic heterocycles. The Hall–Kier alpha value is -2.88. The lowest BCUT2D eigenvalue weighted by Crippen LogP contribution is -2.16. The minimum Gasteiger partial charge on any atom is -0.497 e. The summed E-state index contributed by atoms with van der Waals surface area (Å²) in [5, 5.41) is 0. The van der Waals surface area contributed by atoms with Gasteiger partial charge in [-0.1, -0.05) is 30.3 Å². The van der Waals surface area contributed by atoms with Crippen LogP contribution in [0.1, 0.15) is 5.56 Å². The second kappa shape index (κ2) is 5.72. The number of rotatable bonds is 3. The predicted octanol–water partition coefficient (Wildman–Crippen LogP) is 3.85. The van der Waals surface area contributed by atoms with Gasteiger partial charge in [0.2, 0.25) is 5.95 Å². The third kappa shape index (κ3) is 2.52. The summed E-state index contributed by atoms with van der Waals surface area (Å²) < 4.78 is 5.30. The fraction of sp³-hybridized carbons (Fsp3) is 0.158. The first-order valence-electron chi connectivity index (χ1n) is 7.68. The molecular weight excluding hydrogens is 286 g/mol. The van der Waals surface area contributed by atoms with Gasteiger partial charge in [0.1, 0.15) is 5.75 Å². The van der Waals surface area contributed by atoms with Gasteiger partial charge < -0.3 is 9.64 Å². The van der Waals surface area contributed by atoms with E-state index in [2.05, 4.69) is 34.1 Å². The van der Waals surface area contributed by atoms with Gasteiger partial charge in [-0.25, -0.2) is 9.97 Å². The van der Waals surface area contributed by atoms with Crippen LogP contribution in [0.25, 0.3) is 11.3 Å². The topological polar surface area (TPSA) is 38.2 Å². The number of ether oxygens (including phenoxy) is 1. The number of hydrogen-bond donors (Lipinski definition) is 0. The quantitative estimate of drug-likeness (QED) is 0.736. The number of nitrogens with zero attached hydrogens (tertiary/aromatic N) is 3. The van der Waals surface area contributed by atoms with Crippen LogP contribution in [0, 0.1) is 0 Å². The zero-order valence-electron chi connectivity index (χ0n) is 12.9. The lowest BCUT2D eigenvalue weighted by atomic mass is 10.1. The highest BCUT2D eigenvalue weighted by Gasteiger charge is 2.22. The van der Waals surface area contributed by atoms with Gasteiger partial charge in [-0.3, -0.25) is 0 Å². The van der Waals surface area contributed by atoms with E-state index in [0.717, 1.165) is 35.9 Å². The summed E-state index contributed by atoms with van der Waals surface area (Å²) in [6.45, 7) is 0.918. The normalized spacial score (nSPS) is 13.0. The van der Waals surface area contributed by atoms with Gasteiger partial charge in [0.15, 0.2) is 0 Å². The van der Waals surface area contributed by atoms with E-state index in [0.29, 0.717) is 0 Å². The van der Waals surface area contributed by atoms with Gasteiger partial charge in [-0.05, 0) is 36.2 Å². The Kier molecular flexibility index (Phi) is 3.42. The van der Waals surface area contributed by atoms with E-state index in [-0.39, 0.29) is 0 Å². The molecule has 3 aromatic rings. The van der Waals surface area contributed by atoms with Crippen molar-refractivity contribution in [3.05, 3.63) is 66.4 Å². The van der Waals surface area contributed by atoms with Crippen molar-refractivity contribution in [2.75, 3.05) is 18.6 Å². The molecule has 0 aliphatic carbocycles. The van der Waals surface area contributed by atoms with Crippen LogP contribution in [0.15, 0.2) is 60.8 Å². The van der Waals surface area contributed by atoms with E-state index in [1.807, 2.05) is 36.5 Å². The molecule has 0 radical (unpaired) electrons. The van der Waals surface area contributed by atoms with Crippen LogP contribution in [0.3, 0.4) is 0 Å². The van der Waals surface area contributed by atoms with Gasteiger partial charge in [-0.2, -0.15) is 0 Å². The molecule has 0 fully saturated rings. The summed E-state index contributed by atoms with van der Waals surface area (Å²) in [5.74, 6) is 1.57. The van der Waals surface area contributed by atoms with Crippen molar-refractivity contribution in [3.63, 3.8) is 0 Å². The van der Waals surface area contributed by atoms with Crippen LogP contribution in [-0.4, -0.2) is 23.6 Å². The molecular formula is C19H17N3O. The van der Waals surface area contributed by atoms with E-state index in [4.69, 9.17) is 9.72 Å². The molecule has 0 N–H and O–H groups in total. The van der Waals surface area contributed by atoms with Gasteiger partial charge >= 0.3 is 0 Å². The highest BCUT2D eigenvalue weighted by molar-refractivity contribution is 5.68. The molecule has 114 valence electrons. The first-order chi connectivity index (χ1) is 11.3. The number of benzene rings is 2. The lowest BCUT2D eigenvalue weighted by Gasteiger charge is -2.17. The molecule has 1 aromatic heterocycles. The van der Waals surface area contributed by atoms with Crippen molar-refractivity contribution < 1.29 is 4.74 Å². The molecule has 4 heteroatoms. The highest BCUT2D eigenvalue weighted by atomic mass is 16.5. The Bertz CT molecular complexity index is 847. The third-order valence-corrected chi connectivity index (χ3v) is 4.14. The van der Waals surface area contributed by atoms with Gasteiger partial charge in [0.25, 0.3) is 0 Å². The van der Waals surface area contributed by atoms with Crippen molar-refractivity contribution in [1.82, 2.24) is 9.97 Å². The molecule has 0 bridgehead atoms. The summed E-state index contributed by atoms with van der Waals surface area (Å²) in [6, 6.07) is 18.3. The fourth-order valence-corrected chi connectivity index (χ4v) is 2.97. The standard InChI is InChI=1S/C19H17N3O/c1-23-16-7-4-6-15(13-16)17-9-11-20-19(21-17)22-12-10-14-5-2-3-8-18(14)22/h2-9,11,13H,10,12H2,1H3. The number of aromatic nitrogens is 2. The van der Waals surface area contributed by atoms with Crippen LogP contribution in [-0.2, 0) is 6.42 Å². The molecule has 1 aliphatic rings. The van der Waals surface area contributed by atoms with Crippen molar-refractivity contribution in [3.8, 4) is 17.0 Å². The van der Waals surface area contributed by atoms with Crippen LogP contribution < -0.4 is 9.64 Å². The maximum Gasteiger partial charge on any atom is 0.230 e.